The third kappa shape index (κ3) is 3.11. The number of allylic oxidation sites excluding steroid dienone is 1. The molecule has 29 heavy (non-hydrogen) atoms. The monoisotopic (exact) mass is 405 g/mol. The van der Waals surface area contributed by atoms with Gasteiger partial charge in [0.1, 0.15) is 5.70 Å². The summed E-state index contributed by atoms with van der Waals surface area (Å²) in [5.41, 5.74) is 2.17. The molecule has 0 atom stereocenters. The largest absolute Gasteiger partial charge is 0.505 e. The average molecular weight is 405 g/mol. The first-order valence-electron chi connectivity index (χ1n) is 9.20. The number of sulfonamides is 1. The summed E-state index contributed by atoms with van der Waals surface area (Å²) in [4.78, 5) is 13.2. The molecule has 5 nitrogen and oxygen atoms in total. The number of fused-ring (bicyclic) bond motifs is 1. The second-order valence-electron chi connectivity index (χ2n) is 6.64. The van der Waals surface area contributed by atoms with E-state index in [0.29, 0.717) is 5.56 Å². The molecule has 1 aliphatic rings. The van der Waals surface area contributed by atoms with Crippen molar-refractivity contribution in [2.45, 2.75) is 11.8 Å². The maximum atomic E-state index is 13.2. The molecule has 1 heterocycles. The van der Waals surface area contributed by atoms with Crippen LogP contribution in [0.1, 0.15) is 22.8 Å². The Balaban J connectivity index is 1.80. The summed E-state index contributed by atoms with van der Waals surface area (Å²) in [5, 5.41) is 10.8. The van der Waals surface area contributed by atoms with E-state index in [1.165, 1.54) is 12.1 Å². The number of aliphatic hydroxyl groups is 1. The molecule has 0 aromatic heterocycles. The summed E-state index contributed by atoms with van der Waals surface area (Å²) in [5.74, 6) is -0.864. The van der Waals surface area contributed by atoms with Crippen LogP contribution in [0.5, 0.6) is 0 Å². The lowest BCUT2D eigenvalue weighted by atomic mass is 10.00. The molecule has 3 aromatic carbocycles. The van der Waals surface area contributed by atoms with Gasteiger partial charge in [-0.15, -0.1) is 0 Å². The Hall–Kier alpha value is -3.38. The molecule has 1 aliphatic heterocycles. The molecule has 4 rings (SSSR count). The molecular weight excluding hydrogens is 386 g/mol. The number of likely N-dealkylation sites (N-methyl/N-ethyl adjacent to an activating group) is 1. The minimum absolute atomic E-state index is 0.00433. The number of rotatable bonds is 4. The predicted molar refractivity (Wildman–Crippen MR) is 112 cm³/mol. The van der Waals surface area contributed by atoms with Crippen LogP contribution in [-0.4, -0.2) is 30.2 Å². The Morgan fingerprint density at radius 3 is 2.10 bits per heavy atom. The van der Waals surface area contributed by atoms with Gasteiger partial charge in [-0.2, -0.15) is 0 Å². The fourth-order valence-electron chi connectivity index (χ4n) is 3.50. The molecule has 146 valence electrons. The van der Waals surface area contributed by atoms with Gasteiger partial charge in [0.15, 0.2) is 5.76 Å². The van der Waals surface area contributed by atoms with Gasteiger partial charge in [0, 0.05) is 17.7 Å². The van der Waals surface area contributed by atoms with Crippen molar-refractivity contribution in [3.8, 4) is 11.1 Å². The topological polar surface area (TPSA) is 74.7 Å². The van der Waals surface area contributed by atoms with Gasteiger partial charge in [-0.3, -0.25) is 9.10 Å². The van der Waals surface area contributed by atoms with Gasteiger partial charge in [-0.05, 0) is 30.2 Å². The van der Waals surface area contributed by atoms with Crippen LogP contribution < -0.4 is 0 Å². The fourth-order valence-corrected chi connectivity index (χ4v) is 5.18. The number of aliphatic hydroxyl groups excluding tert-OH is 1. The highest BCUT2D eigenvalue weighted by Crippen LogP contribution is 2.36. The first kappa shape index (κ1) is 19.0. The summed E-state index contributed by atoms with van der Waals surface area (Å²) < 4.78 is 27.0. The third-order valence-electron chi connectivity index (χ3n) is 4.94. The normalized spacial score (nSPS) is 15.1. The molecule has 1 N–H and O–H groups in total. The number of ketones is 1. The zero-order valence-electron chi connectivity index (χ0n) is 15.7. The van der Waals surface area contributed by atoms with Crippen LogP contribution in [0.4, 0.5) is 0 Å². The molecule has 0 spiro atoms. The molecule has 0 saturated carbocycles. The van der Waals surface area contributed by atoms with E-state index in [4.69, 9.17) is 0 Å². The smallest absolute Gasteiger partial charge is 0.265 e. The molecular formula is C23H19NO4S. The van der Waals surface area contributed by atoms with E-state index < -0.39 is 15.8 Å². The van der Waals surface area contributed by atoms with Crippen molar-refractivity contribution < 1.29 is 18.3 Å². The van der Waals surface area contributed by atoms with Crippen LogP contribution >= 0.6 is 0 Å². The second-order valence-corrected chi connectivity index (χ2v) is 8.47. The Morgan fingerprint density at radius 1 is 0.862 bits per heavy atom. The van der Waals surface area contributed by atoms with E-state index >= 15 is 0 Å². The molecule has 3 aromatic rings. The Labute approximate surface area is 169 Å². The molecule has 0 fully saturated rings. The number of nitrogens with zero attached hydrogens (tertiary/aromatic N) is 1. The van der Waals surface area contributed by atoms with E-state index in [1.54, 1.807) is 31.2 Å². The van der Waals surface area contributed by atoms with Gasteiger partial charge in [0.25, 0.3) is 10.0 Å². The van der Waals surface area contributed by atoms with E-state index in [2.05, 4.69) is 0 Å². The van der Waals surface area contributed by atoms with E-state index in [9.17, 15) is 18.3 Å². The van der Waals surface area contributed by atoms with Crippen molar-refractivity contribution in [1.29, 1.82) is 0 Å². The summed E-state index contributed by atoms with van der Waals surface area (Å²) in [7, 11) is -3.92. The van der Waals surface area contributed by atoms with Crippen LogP contribution in [0.25, 0.3) is 16.9 Å². The molecule has 0 radical (unpaired) electrons. The van der Waals surface area contributed by atoms with Crippen LogP contribution in [0.15, 0.2) is 89.5 Å². The van der Waals surface area contributed by atoms with Crippen molar-refractivity contribution in [1.82, 2.24) is 4.31 Å². The predicted octanol–water partition coefficient (Wildman–Crippen LogP) is 4.49. The Bertz CT molecular complexity index is 1210. The highest BCUT2D eigenvalue weighted by molar-refractivity contribution is 7.89. The molecule has 0 saturated heterocycles. The lowest BCUT2D eigenvalue weighted by Crippen LogP contribution is -2.37. The molecule has 0 unspecified atom stereocenters. The number of carbonyl (C=O) groups is 1. The number of Topliss-reactive ketones (excluding diaryl/α,β-unsaturated/α-hetero) is 1. The first-order chi connectivity index (χ1) is 13.9. The van der Waals surface area contributed by atoms with Gasteiger partial charge in [0.05, 0.1) is 4.90 Å². The summed E-state index contributed by atoms with van der Waals surface area (Å²) in [6.45, 7) is 1.66. The van der Waals surface area contributed by atoms with Crippen LogP contribution in [0.3, 0.4) is 0 Å². The molecule has 6 heteroatoms. The summed E-state index contributed by atoms with van der Waals surface area (Å²) in [6, 6.07) is 22.8. The van der Waals surface area contributed by atoms with Gasteiger partial charge in [0.2, 0.25) is 5.78 Å². The molecule has 0 amide bonds. The number of carbonyl (C=O) groups excluding carboxylic acids is 1. The van der Waals surface area contributed by atoms with E-state index in [0.717, 1.165) is 15.4 Å². The minimum Gasteiger partial charge on any atom is -0.505 e. The van der Waals surface area contributed by atoms with Crippen molar-refractivity contribution in [3.63, 3.8) is 0 Å². The maximum absolute atomic E-state index is 13.2. The van der Waals surface area contributed by atoms with E-state index in [-0.39, 0.29) is 28.5 Å². The number of hydrogen-bond acceptors (Lipinski definition) is 4. The number of hydrogen-bond donors (Lipinski definition) is 1. The number of benzene rings is 3. The van der Waals surface area contributed by atoms with Crippen molar-refractivity contribution in [2.75, 3.05) is 6.54 Å². The van der Waals surface area contributed by atoms with Gasteiger partial charge >= 0.3 is 0 Å². The quantitative estimate of drug-likeness (QED) is 0.649. The Kier molecular flexibility index (Phi) is 4.72. The summed E-state index contributed by atoms with van der Waals surface area (Å²) in [6.07, 6.45) is 0. The van der Waals surface area contributed by atoms with Gasteiger partial charge < -0.3 is 5.11 Å². The van der Waals surface area contributed by atoms with Crippen LogP contribution in [-0.2, 0) is 10.0 Å². The molecule has 0 bridgehead atoms. The third-order valence-corrected chi connectivity index (χ3v) is 6.87. The zero-order valence-corrected chi connectivity index (χ0v) is 16.6. The Morgan fingerprint density at radius 2 is 1.45 bits per heavy atom. The second kappa shape index (κ2) is 7.22. The standard InChI is InChI=1S/C23H19NO4S/c1-2-24-21(23(26)19-10-6-7-11-20(19)29(24,27)28)22(25)18-14-12-17(13-15-18)16-8-4-3-5-9-16/h3-15,26H,2H2,1H3. The lowest BCUT2D eigenvalue weighted by molar-refractivity contribution is 0.101. The average Bonchev–Trinajstić information content (AvgIpc) is 2.76. The van der Waals surface area contributed by atoms with Crippen molar-refractivity contribution >= 4 is 21.6 Å². The maximum Gasteiger partial charge on any atom is 0.265 e. The van der Waals surface area contributed by atoms with Crippen molar-refractivity contribution in [3.05, 3.63) is 95.7 Å². The minimum atomic E-state index is -3.92. The highest BCUT2D eigenvalue weighted by atomic mass is 32.2. The van der Waals surface area contributed by atoms with Gasteiger partial charge in [-0.25, -0.2) is 8.42 Å². The van der Waals surface area contributed by atoms with Crippen LogP contribution in [0.2, 0.25) is 0 Å². The lowest BCUT2D eigenvalue weighted by Gasteiger charge is -2.30. The first-order valence-corrected chi connectivity index (χ1v) is 10.6. The molecule has 0 aliphatic carbocycles. The summed E-state index contributed by atoms with van der Waals surface area (Å²) >= 11 is 0. The fraction of sp³-hybridized carbons (Fsp3) is 0.0870. The van der Waals surface area contributed by atoms with Crippen LogP contribution in [0, 0.1) is 0 Å². The SMILES string of the molecule is CCN1C(C(=O)c2ccc(-c3ccccc3)cc2)=C(O)c2ccccc2S1(=O)=O. The zero-order chi connectivity index (χ0) is 20.6. The van der Waals surface area contributed by atoms with E-state index in [1.807, 2.05) is 42.5 Å². The van der Waals surface area contributed by atoms with Gasteiger partial charge in [-0.1, -0.05) is 66.7 Å². The highest BCUT2D eigenvalue weighted by Gasteiger charge is 2.39. The van der Waals surface area contributed by atoms with Crippen molar-refractivity contribution in [2.24, 2.45) is 0 Å².